The maximum Gasteiger partial charge on any atom is 0.115 e. The van der Waals surface area contributed by atoms with Crippen LogP contribution in [0.3, 0.4) is 0 Å². The van der Waals surface area contributed by atoms with E-state index in [-0.39, 0.29) is 13.2 Å². The van der Waals surface area contributed by atoms with E-state index in [0.29, 0.717) is 26.4 Å². The predicted octanol–water partition coefficient (Wildman–Crippen LogP) is 4.94. The number of hydrogen-bond acceptors (Lipinski definition) is 5. The van der Waals surface area contributed by atoms with Crippen molar-refractivity contribution in [3.05, 3.63) is 120 Å². The maximum atomic E-state index is 10.3. The van der Waals surface area contributed by atoms with Gasteiger partial charge in [0, 0.05) is 0 Å². The molecule has 0 spiro atoms. The first-order valence-corrected chi connectivity index (χ1v) is 11.6. The van der Waals surface area contributed by atoms with Crippen LogP contribution in [0.5, 0.6) is 0 Å². The van der Waals surface area contributed by atoms with Gasteiger partial charge in [-0.25, -0.2) is 0 Å². The van der Waals surface area contributed by atoms with E-state index >= 15 is 0 Å². The summed E-state index contributed by atoms with van der Waals surface area (Å²) in [6.45, 7) is 5.31. The van der Waals surface area contributed by atoms with E-state index in [1.165, 1.54) is 0 Å². The van der Waals surface area contributed by atoms with Crippen molar-refractivity contribution in [3.63, 3.8) is 0 Å². The van der Waals surface area contributed by atoms with Crippen LogP contribution in [0.4, 0.5) is 0 Å². The predicted molar refractivity (Wildman–Crippen MR) is 133 cm³/mol. The fraction of sp³-hybridized carbons (Fsp3) is 0.310. The molecule has 180 valence electrons. The second kappa shape index (κ2) is 15.2. The van der Waals surface area contributed by atoms with Gasteiger partial charge >= 0.3 is 0 Å². The lowest BCUT2D eigenvalue weighted by molar-refractivity contribution is -0.174. The molecule has 3 aromatic rings. The third kappa shape index (κ3) is 8.86. The number of ether oxygens (including phenoxy) is 4. The number of rotatable bonds is 16. The minimum absolute atomic E-state index is 0.209. The van der Waals surface area contributed by atoms with Gasteiger partial charge in [0.25, 0.3) is 0 Å². The average Bonchev–Trinajstić information content (AvgIpc) is 2.90. The molecule has 5 nitrogen and oxygen atoms in total. The summed E-state index contributed by atoms with van der Waals surface area (Å²) >= 11 is 0. The third-order valence-corrected chi connectivity index (χ3v) is 5.33. The second-order valence-corrected chi connectivity index (χ2v) is 7.94. The minimum Gasteiger partial charge on any atom is -0.394 e. The van der Waals surface area contributed by atoms with Crippen LogP contribution in [0.15, 0.2) is 104 Å². The molecule has 0 bridgehead atoms. The van der Waals surface area contributed by atoms with Gasteiger partial charge in [-0.05, 0) is 16.7 Å². The molecule has 34 heavy (non-hydrogen) atoms. The topological polar surface area (TPSA) is 57.2 Å². The first-order valence-electron chi connectivity index (χ1n) is 11.6. The quantitative estimate of drug-likeness (QED) is 0.241. The molecule has 5 heteroatoms. The minimum atomic E-state index is -0.600. The Kier molecular flexibility index (Phi) is 11.5. The molecular weight excluding hydrogens is 428 g/mol. The van der Waals surface area contributed by atoms with Crippen molar-refractivity contribution in [1.29, 1.82) is 0 Å². The molecule has 0 fully saturated rings. The standard InChI is InChI=1S/C29H34O5/c1-2-18-31-23-28(33-21-25-14-8-4-9-15-25)29(34-22-26-16-10-5-11-17-26)27(19-30)32-20-24-12-6-3-7-13-24/h2-17,27-30H,1,18-23H2/t27?,28-,29?/m1/s1. The summed E-state index contributed by atoms with van der Waals surface area (Å²) in [4.78, 5) is 0. The molecule has 0 amide bonds. The van der Waals surface area contributed by atoms with Crippen LogP contribution in [-0.2, 0) is 38.8 Å². The van der Waals surface area contributed by atoms with E-state index in [9.17, 15) is 5.11 Å². The fourth-order valence-corrected chi connectivity index (χ4v) is 3.53. The molecule has 0 aliphatic rings. The van der Waals surface area contributed by atoms with Crippen molar-refractivity contribution < 1.29 is 24.1 Å². The van der Waals surface area contributed by atoms with Crippen molar-refractivity contribution >= 4 is 0 Å². The van der Waals surface area contributed by atoms with Gasteiger partial charge in [0.05, 0.1) is 39.6 Å². The smallest absolute Gasteiger partial charge is 0.115 e. The molecule has 2 unspecified atom stereocenters. The van der Waals surface area contributed by atoms with Gasteiger partial charge < -0.3 is 24.1 Å². The van der Waals surface area contributed by atoms with Crippen LogP contribution >= 0.6 is 0 Å². The lowest BCUT2D eigenvalue weighted by Crippen LogP contribution is -2.46. The van der Waals surface area contributed by atoms with E-state index in [4.69, 9.17) is 18.9 Å². The van der Waals surface area contributed by atoms with Gasteiger partial charge in [0.2, 0.25) is 0 Å². The first kappa shape index (κ1) is 25.8. The van der Waals surface area contributed by atoms with Crippen molar-refractivity contribution in [1.82, 2.24) is 0 Å². The van der Waals surface area contributed by atoms with Gasteiger partial charge in [-0.15, -0.1) is 6.58 Å². The summed E-state index contributed by atoms with van der Waals surface area (Å²) in [6, 6.07) is 29.7. The van der Waals surface area contributed by atoms with E-state index in [1.807, 2.05) is 91.0 Å². The number of hydrogen-bond donors (Lipinski definition) is 1. The van der Waals surface area contributed by atoms with Crippen LogP contribution in [0, 0.1) is 0 Å². The van der Waals surface area contributed by atoms with Gasteiger partial charge in [0.1, 0.15) is 18.3 Å². The van der Waals surface area contributed by atoms with Crippen molar-refractivity contribution in [2.75, 3.05) is 19.8 Å². The van der Waals surface area contributed by atoms with Crippen molar-refractivity contribution in [3.8, 4) is 0 Å². The molecule has 0 heterocycles. The van der Waals surface area contributed by atoms with Gasteiger partial charge in [-0.2, -0.15) is 0 Å². The van der Waals surface area contributed by atoms with Gasteiger partial charge in [-0.3, -0.25) is 0 Å². The Morgan fingerprint density at radius 1 is 0.647 bits per heavy atom. The zero-order valence-corrected chi connectivity index (χ0v) is 19.5. The summed E-state index contributed by atoms with van der Waals surface area (Å²) in [6.07, 6.45) is 0.0834. The zero-order valence-electron chi connectivity index (χ0n) is 19.5. The molecule has 0 saturated heterocycles. The Hall–Kier alpha value is -2.80. The lowest BCUT2D eigenvalue weighted by Gasteiger charge is -2.33. The molecular formula is C29H34O5. The van der Waals surface area contributed by atoms with E-state index in [1.54, 1.807) is 6.08 Å². The van der Waals surface area contributed by atoms with Crippen LogP contribution in [-0.4, -0.2) is 43.2 Å². The average molecular weight is 463 g/mol. The number of benzene rings is 3. The summed E-state index contributed by atoms with van der Waals surface area (Å²) < 4.78 is 24.5. The summed E-state index contributed by atoms with van der Waals surface area (Å²) in [7, 11) is 0. The van der Waals surface area contributed by atoms with Crippen molar-refractivity contribution in [2.24, 2.45) is 0 Å². The molecule has 0 saturated carbocycles. The van der Waals surface area contributed by atoms with Crippen molar-refractivity contribution in [2.45, 2.75) is 38.1 Å². The Morgan fingerprint density at radius 3 is 1.53 bits per heavy atom. The van der Waals surface area contributed by atoms with Crippen LogP contribution in [0.1, 0.15) is 16.7 Å². The highest BCUT2D eigenvalue weighted by Crippen LogP contribution is 2.19. The molecule has 3 aromatic carbocycles. The van der Waals surface area contributed by atoms with E-state index < -0.39 is 18.3 Å². The van der Waals surface area contributed by atoms with Crippen LogP contribution < -0.4 is 0 Å². The zero-order chi connectivity index (χ0) is 23.8. The van der Waals surface area contributed by atoms with Gasteiger partial charge in [-0.1, -0.05) is 97.1 Å². The molecule has 1 N–H and O–H groups in total. The molecule has 0 aromatic heterocycles. The molecule has 3 atom stereocenters. The summed E-state index contributed by atoms with van der Waals surface area (Å²) in [5.74, 6) is 0. The summed E-state index contributed by atoms with van der Waals surface area (Å²) in [5.41, 5.74) is 3.09. The summed E-state index contributed by atoms with van der Waals surface area (Å²) in [5, 5.41) is 10.3. The molecule has 0 aliphatic carbocycles. The highest BCUT2D eigenvalue weighted by Gasteiger charge is 2.32. The maximum absolute atomic E-state index is 10.3. The molecule has 0 radical (unpaired) electrons. The Balaban J connectivity index is 1.76. The highest BCUT2D eigenvalue weighted by molar-refractivity contribution is 5.15. The third-order valence-electron chi connectivity index (χ3n) is 5.33. The van der Waals surface area contributed by atoms with Gasteiger partial charge in [0.15, 0.2) is 0 Å². The molecule has 3 rings (SSSR count). The largest absolute Gasteiger partial charge is 0.394 e. The van der Waals surface area contributed by atoms with E-state index in [0.717, 1.165) is 16.7 Å². The Morgan fingerprint density at radius 2 is 1.09 bits per heavy atom. The van der Waals surface area contributed by atoms with E-state index in [2.05, 4.69) is 6.58 Å². The highest BCUT2D eigenvalue weighted by atomic mass is 16.6. The fourth-order valence-electron chi connectivity index (χ4n) is 3.53. The monoisotopic (exact) mass is 462 g/mol. The normalized spacial score (nSPS) is 13.8. The number of aliphatic hydroxyl groups excluding tert-OH is 1. The SMILES string of the molecule is C=CCOC[C@@H](OCc1ccccc1)C(OCc1ccccc1)C(CO)OCc1ccccc1. The Labute approximate surface area is 202 Å². The number of aliphatic hydroxyl groups is 1. The Bertz CT molecular complexity index is 917. The molecule has 0 aliphatic heterocycles. The second-order valence-electron chi connectivity index (χ2n) is 7.94. The first-order chi connectivity index (χ1) is 16.8. The lowest BCUT2D eigenvalue weighted by atomic mass is 10.1. The van der Waals surface area contributed by atoms with Crippen LogP contribution in [0.25, 0.3) is 0 Å². The van der Waals surface area contributed by atoms with Crippen LogP contribution in [0.2, 0.25) is 0 Å².